The Bertz CT molecular complexity index is 349. The SMILES string of the molecule is Cc1cc(C)cc(C2(C)CCC(N)C2)c1. The van der Waals surface area contributed by atoms with Crippen LogP contribution in [-0.2, 0) is 5.41 Å². The number of hydrogen-bond acceptors (Lipinski definition) is 1. The van der Waals surface area contributed by atoms with Gasteiger partial charge >= 0.3 is 0 Å². The molecule has 2 atom stereocenters. The van der Waals surface area contributed by atoms with E-state index in [2.05, 4.69) is 39.0 Å². The maximum absolute atomic E-state index is 6.02. The van der Waals surface area contributed by atoms with Crippen molar-refractivity contribution in [3.05, 3.63) is 34.9 Å². The fraction of sp³-hybridized carbons (Fsp3) is 0.571. The van der Waals surface area contributed by atoms with E-state index in [-0.39, 0.29) is 0 Å². The molecule has 0 spiro atoms. The summed E-state index contributed by atoms with van der Waals surface area (Å²) in [7, 11) is 0. The lowest BCUT2D eigenvalue weighted by Crippen LogP contribution is -2.22. The molecule has 2 rings (SSSR count). The van der Waals surface area contributed by atoms with Crippen LogP contribution in [0.4, 0.5) is 0 Å². The Morgan fingerprint density at radius 1 is 1.20 bits per heavy atom. The van der Waals surface area contributed by atoms with E-state index < -0.39 is 0 Å². The van der Waals surface area contributed by atoms with E-state index in [1.165, 1.54) is 29.5 Å². The van der Waals surface area contributed by atoms with Crippen molar-refractivity contribution in [3.8, 4) is 0 Å². The summed E-state index contributed by atoms with van der Waals surface area (Å²) in [4.78, 5) is 0. The Balaban J connectivity index is 2.36. The van der Waals surface area contributed by atoms with Gasteiger partial charge in [-0.15, -0.1) is 0 Å². The molecule has 0 radical (unpaired) electrons. The van der Waals surface area contributed by atoms with Crippen LogP contribution in [0.2, 0.25) is 0 Å². The highest BCUT2D eigenvalue weighted by atomic mass is 14.7. The highest BCUT2D eigenvalue weighted by Crippen LogP contribution is 2.40. The Kier molecular flexibility index (Phi) is 2.59. The predicted molar refractivity (Wildman–Crippen MR) is 65.1 cm³/mol. The molecule has 1 aromatic carbocycles. The standard InChI is InChI=1S/C14H21N/c1-10-6-11(2)8-12(7-10)14(3)5-4-13(15)9-14/h6-8,13H,4-5,9,15H2,1-3H3. The van der Waals surface area contributed by atoms with Crippen molar-refractivity contribution < 1.29 is 0 Å². The third-order valence-corrected chi connectivity index (χ3v) is 3.70. The second-order valence-electron chi connectivity index (χ2n) is 5.44. The van der Waals surface area contributed by atoms with Crippen molar-refractivity contribution >= 4 is 0 Å². The number of hydrogen-bond donors (Lipinski definition) is 1. The van der Waals surface area contributed by atoms with E-state index in [9.17, 15) is 0 Å². The molecule has 15 heavy (non-hydrogen) atoms. The molecular formula is C14H21N. The van der Waals surface area contributed by atoms with E-state index in [0.717, 1.165) is 6.42 Å². The van der Waals surface area contributed by atoms with Gasteiger partial charge in [-0.2, -0.15) is 0 Å². The first-order chi connectivity index (χ1) is 6.99. The molecule has 1 aliphatic rings. The number of benzene rings is 1. The molecule has 1 heteroatoms. The van der Waals surface area contributed by atoms with Gasteiger partial charge in [0, 0.05) is 6.04 Å². The number of aryl methyl sites for hydroxylation is 2. The van der Waals surface area contributed by atoms with Crippen molar-refractivity contribution in [2.24, 2.45) is 5.73 Å². The third kappa shape index (κ3) is 2.07. The molecule has 82 valence electrons. The molecule has 1 saturated carbocycles. The van der Waals surface area contributed by atoms with Gasteiger partial charge < -0.3 is 5.73 Å². The van der Waals surface area contributed by atoms with Crippen LogP contribution in [0.15, 0.2) is 18.2 Å². The van der Waals surface area contributed by atoms with Crippen molar-refractivity contribution in [2.45, 2.75) is 51.5 Å². The summed E-state index contributed by atoms with van der Waals surface area (Å²) >= 11 is 0. The van der Waals surface area contributed by atoms with E-state index >= 15 is 0 Å². The summed E-state index contributed by atoms with van der Waals surface area (Å²) in [6, 6.07) is 7.29. The molecule has 1 nitrogen and oxygen atoms in total. The lowest BCUT2D eigenvalue weighted by molar-refractivity contribution is 0.481. The first-order valence-electron chi connectivity index (χ1n) is 5.84. The first-order valence-corrected chi connectivity index (χ1v) is 5.84. The molecule has 1 fully saturated rings. The molecule has 2 unspecified atom stereocenters. The van der Waals surface area contributed by atoms with Crippen molar-refractivity contribution in [1.29, 1.82) is 0 Å². The van der Waals surface area contributed by atoms with Gasteiger partial charge in [-0.1, -0.05) is 36.2 Å². The Morgan fingerprint density at radius 2 is 1.80 bits per heavy atom. The van der Waals surface area contributed by atoms with Crippen LogP contribution >= 0.6 is 0 Å². The van der Waals surface area contributed by atoms with Crippen LogP contribution in [0.5, 0.6) is 0 Å². The Hall–Kier alpha value is -0.820. The van der Waals surface area contributed by atoms with Crippen LogP contribution in [0.1, 0.15) is 42.9 Å². The van der Waals surface area contributed by atoms with E-state index in [1.807, 2.05) is 0 Å². The van der Waals surface area contributed by atoms with Crippen LogP contribution < -0.4 is 5.73 Å². The fourth-order valence-corrected chi connectivity index (χ4v) is 2.87. The number of rotatable bonds is 1. The molecule has 0 aliphatic heterocycles. The van der Waals surface area contributed by atoms with Crippen LogP contribution in [0.25, 0.3) is 0 Å². The monoisotopic (exact) mass is 203 g/mol. The van der Waals surface area contributed by atoms with Gasteiger partial charge in [0.1, 0.15) is 0 Å². The van der Waals surface area contributed by atoms with Gasteiger partial charge in [0.15, 0.2) is 0 Å². The number of nitrogens with two attached hydrogens (primary N) is 1. The van der Waals surface area contributed by atoms with Crippen LogP contribution in [-0.4, -0.2) is 6.04 Å². The van der Waals surface area contributed by atoms with Gasteiger partial charge in [-0.3, -0.25) is 0 Å². The largest absolute Gasteiger partial charge is 0.328 e. The molecule has 0 heterocycles. The quantitative estimate of drug-likeness (QED) is 0.746. The van der Waals surface area contributed by atoms with Gasteiger partial charge in [-0.05, 0) is 44.1 Å². The average molecular weight is 203 g/mol. The van der Waals surface area contributed by atoms with Gasteiger partial charge in [0.2, 0.25) is 0 Å². The first kappa shape index (κ1) is 10.7. The zero-order valence-electron chi connectivity index (χ0n) is 10.0. The minimum Gasteiger partial charge on any atom is -0.328 e. The highest BCUT2D eigenvalue weighted by Gasteiger charge is 2.34. The Morgan fingerprint density at radius 3 is 2.27 bits per heavy atom. The van der Waals surface area contributed by atoms with Gasteiger partial charge in [-0.25, -0.2) is 0 Å². The molecule has 1 aliphatic carbocycles. The summed E-state index contributed by atoms with van der Waals surface area (Å²) in [5, 5.41) is 0. The molecular weight excluding hydrogens is 182 g/mol. The summed E-state index contributed by atoms with van der Waals surface area (Å²) in [6.45, 7) is 6.71. The third-order valence-electron chi connectivity index (χ3n) is 3.70. The Labute approximate surface area is 92.7 Å². The maximum atomic E-state index is 6.02. The maximum Gasteiger partial charge on any atom is 0.00475 e. The zero-order valence-corrected chi connectivity index (χ0v) is 10.0. The summed E-state index contributed by atoms with van der Waals surface area (Å²) in [6.07, 6.45) is 3.54. The summed E-state index contributed by atoms with van der Waals surface area (Å²) < 4.78 is 0. The lowest BCUT2D eigenvalue weighted by atomic mass is 9.79. The average Bonchev–Trinajstić information content (AvgIpc) is 2.46. The minimum atomic E-state index is 0.316. The fourth-order valence-electron chi connectivity index (χ4n) is 2.87. The summed E-state index contributed by atoms with van der Waals surface area (Å²) in [5.74, 6) is 0. The molecule has 0 amide bonds. The van der Waals surface area contributed by atoms with Crippen molar-refractivity contribution in [2.75, 3.05) is 0 Å². The lowest BCUT2D eigenvalue weighted by Gasteiger charge is -2.25. The molecule has 2 N–H and O–H groups in total. The van der Waals surface area contributed by atoms with Crippen molar-refractivity contribution in [1.82, 2.24) is 0 Å². The molecule has 0 aromatic heterocycles. The predicted octanol–water partition coefficient (Wildman–Crippen LogP) is 3.07. The van der Waals surface area contributed by atoms with Crippen molar-refractivity contribution in [3.63, 3.8) is 0 Å². The smallest absolute Gasteiger partial charge is 0.00475 e. The van der Waals surface area contributed by atoms with Gasteiger partial charge in [0.05, 0.1) is 0 Å². The van der Waals surface area contributed by atoms with Crippen LogP contribution in [0, 0.1) is 13.8 Å². The summed E-state index contributed by atoms with van der Waals surface area (Å²) in [5.41, 5.74) is 10.6. The molecule has 0 bridgehead atoms. The second-order valence-corrected chi connectivity index (χ2v) is 5.44. The van der Waals surface area contributed by atoms with E-state index in [0.29, 0.717) is 11.5 Å². The normalized spacial score (nSPS) is 30.8. The van der Waals surface area contributed by atoms with E-state index in [1.54, 1.807) is 0 Å². The highest BCUT2D eigenvalue weighted by molar-refractivity contribution is 5.34. The molecule has 0 saturated heterocycles. The second kappa shape index (κ2) is 3.64. The minimum absolute atomic E-state index is 0.316. The molecule has 1 aromatic rings. The van der Waals surface area contributed by atoms with Crippen LogP contribution in [0.3, 0.4) is 0 Å². The van der Waals surface area contributed by atoms with E-state index in [4.69, 9.17) is 5.73 Å². The van der Waals surface area contributed by atoms with Gasteiger partial charge in [0.25, 0.3) is 0 Å². The zero-order chi connectivity index (χ0) is 11.1. The topological polar surface area (TPSA) is 26.0 Å².